The molecule has 0 spiro atoms. The van der Waals surface area contributed by atoms with Gasteiger partial charge in [-0.15, -0.1) is 0 Å². The van der Waals surface area contributed by atoms with E-state index in [0.717, 1.165) is 11.1 Å². The van der Waals surface area contributed by atoms with Crippen molar-refractivity contribution in [3.05, 3.63) is 113 Å². The topological polar surface area (TPSA) is 110 Å². The first-order valence-electron chi connectivity index (χ1n) is 13.0. The SMILES string of the molecule is COCCn1c(Cc2ccc(-c3cccc(OCc4ccc(CC#N)cc4)n3)cc2F)nc2ccc(C(=O)O)cc21. The number of nitrogens with zero attached hydrogens (tertiary/aromatic N) is 4. The standard InChI is InChI=1S/C32H27FN4O4/c1-40-16-15-37-29-18-25(32(38)39)11-12-28(29)35-30(37)19-23-9-10-24(17-26(23)33)27-3-2-4-31(36-27)41-20-22-7-5-21(6-8-22)13-14-34/h2-12,17-18H,13,15-16,19-20H2,1H3,(H,38,39). The highest BCUT2D eigenvalue weighted by atomic mass is 19.1. The molecule has 0 saturated heterocycles. The lowest BCUT2D eigenvalue weighted by Gasteiger charge is -2.11. The van der Waals surface area contributed by atoms with Crippen LogP contribution in [0.15, 0.2) is 78.9 Å². The molecule has 5 rings (SSSR count). The van der Waals surface area contributed by atoms with E-state index in [0.29, 0.717) is 65.7 Å². The number of carboxylic acid groups (broad SMARTS) is 1. The summed E-state index contributed by atoms with van der Waals surface area (Å²) in [7, 11) is 1.59. The number of halogens is 1. The molecule has 8 nitrogen and oxygen atoms in total. The molecule has 9 heteroatoms. The fraction of sp³-hybridized carbons (Fsp3) is 0.188. The van der Waals surface area contributed by atoms with Gasteiger partial charge in [-0.25, -0.2) is 19.2 Å². The minimum atomic E-state index is -1.02. The number of benzene rings is 3. The molecule has 0 unspecified atom stereocenters. The molecule has 0 aliphatic heterocycles. The van der Waals surface area contributed by atoms with Crippen molar-refractivity contribution in [1.29, 1.82) is 5.26 Å². The number of rotatable bonds is 11. The fourth-order valence-corrected chi connectivity index (χ4v) is 4.55. The van der Waals surface area contributed by atoms with Crippen LogP contribution in [0.5, 0.6) is 5.88 Å². The zero-order chi connectivity index (χ0) is 28.8. The third kappa shape index (κ3) is 6.40. The van der Waals surface area contributed by atoms with Gasteiger partial charge < -0.3 is 19.1 Å². The van der Waals surface area contributed by atoms with Crippen LogP contribution >= 0.6 is 0 Å². The van der Waals surface area contributed by atoms with Crippen molar-refractivity contribution in [2.75, 3.05) is 13.7 Å². The van der Waals surface area contributed by atoms with Crippen molar-refractivity contribution in [2.45, 2.75) is 26.0 Å². The predicted octanol–water partition coefficient (Wildman–Crippen LogP) is 5.82. The molecule has 0 radical (unpaired) electrons. The first-order valence-corrected chi connectivity index (χ1v) is 13.0. The van der Waals surface area contributed by atoms with Crippen molar-refractivity contribution >= 4 is 17.0 Å². The first-order chi connectivity index (χ1) is 19.9. The average molecular weight is 551 g/mol. The Morgan fingerprint density at radius 2 is 1.83 bits per heavy atom. The van der Waals surface area contributed by atoms with E-state index < -0.39 is 11.8 Å². The van der Waals surface area contributed by atoms with Crippen LogP contribution in [0.2, 0.25) is 0 Å². The van der Waals surface area contributed by atoms with Crippen molar-refractivity contribution < 1.29 is 23.8 Å². The summed E-state index contributed by atoms with van der Waals surface area (Å²) in [6, 6.07) is 24.8. The Balaban J connectivity index is 1.34. The molecular formula is C32H27FN4O4. The number of hydrogen-bond acceptors (Lipinski definition) is 6. The molecule has 2 heterocycles. The minimum Gasteiger partial charge on any atom is -0.478 e. The van der Waals surface area contributed by atoms with Gasteiger partial charge in [0.1, 0.15) is 18.2 Å². The second-order valence-corrected chi connectivity index (χ2v) is 9.47. The summed E-state index contributed by atoms with van der Waals surface area (Å²) in [6.07, 6.45) is 0.582. The third-order valence-electron chi connectivity index (χ3n) is 6.71. The quantitative estimate of drug-likeness (QED) is 0.221. The van der Waals surface area contributed by atoms with E-state index >= 15 is 4.39 Å². The van der Waals surface area contributed by atoms with Gasteiger partial charge in [0.15, 0.2) is 0 Å². The molecule has 0 aliphatic rings. The van der Waals surface area contributed by atoms with Gasteiger partial charge in [0.05, 0.1) is 41.4 Å². The van der Waals surface area contributed by atoms with Crippen molar-refractivity contribution in [1.82, 2.24) is 14.5 Å². The van der Waals surface area contributed by atoms with E-state index in [2.05, 4.69) is 16.0 Å². The second kappa shape index (κ2) is 12.4. The number of fused-ring (bicyclic) bond motifs is 1. The molecule has 0 atom stereocenters. The Labute approximate surface area is 236 Å². The van der Waals surface area contributed by atoms with Crippen LogP contribution in [-0.2, 0) is 30.7 Å². The summed E-state index contributed by atoms with van der Waals surface area (Å²) < 4.78 is 28.3. The summed E-state index contributed by atoms with van der Waals surface area (Å²) in [5.41, 5.74) is 4.98. The molecule has 0 saturated carbocycles. The predicted molar refractivity (Wildman–Crippen MR) is 151 cm³/mol. The number of aromatic nitrogens is 3. The van der Waals surface area contributed by atoms with Gasteiger partial charge in [0, 0.05) is 31.7 Å². The van der Waals surface area contributed by atoms with E-state index in [-0.39, 0.29) is 12.0 Å². The highest BCUT2D eigenvalue weighted by Crippen LogP contribution is 2.26. The highest BCUT2D eigenvalue weighted by molar-refractivity contribution is 5.92. The Morgan fingerprint density at radius 1 is 1.02 bits per heavy atom. The van der Waals surface area contributed by atoms with E-state index in [1.165, 1.54) is 12.1 Å². The van der Waals surface area contributed by atoms with Gasteiger partial charge in [0.25, 0.3) is 0 Å². The molecule has 206 valence electrons. The summed E-state index contributed by atoms with van der Waals surface area (Å²) in [5.74, 6) is -0.394. The third-order valence-corrected chi connectivity index (χ3v) is 6.71. The van der Waals surface area contributed by atoms with E-state index in [1.54, 1.807) is 37.4 Å². The number of methoxy groups -OCH3 is 1. The number of pyridine rings is 1. The Hall–Kier alpha value is -5.07. The van der Waals surface area contributed by atoms with Gasteiger partial charge in [-0.05, 0) is 47.0 Å². The van der Waals surface area contributed by atoms with Gasteiger partial charge in [-0.2, -0.15) is 5.26 Å². The van der Waals surface area contributed by atoms with Gasteiger partial charge in [0.2, 0.25) is 5.88 Å². The molecule has 41 heavy (non-hydrogen) atoms. The zero-order valence-electron chi connectivity index (χ0n) is 22.4. The fourth-order valence-electron chi connectivity index (χ4n) is 4.55. The average Bonchev–Trinajstić information content (AvgIpc) is 3.33. The summed E-state index contributed by atoms with van der Waals surface area (Å²) >= 11 is 0. The summed E-state index contributed by atoms with van der Waals surface area (Å²) in [6.45, 7) is 1.16. The molecule has 0 bridgehead atoms. The first kappa shape index (κ1) is 27.5. The molecule has 0 fully saturated rings. The molecule has 1 N–H and O–H groups in total. The molecular weight excluding hydrogens is 523 g/mol. The van der Waals surface area contributed by atoms with E-state index in [4.69, 9.17) is 14.7 Å². The Bertz CT molecular complexity index is 1740. The Morgan fingerprint density at radius 3 is 2.56 bits per heavy atom. The maximum absolute atomic E-state index is 15.4. The van der Waals surface area contributed by atoms with E-state index in [9.17, 15) is 9.90 Å². The second-order valence-electron chi connectivity index (χ2n) is 9.47. The number of ether oxygens (including phenoxy) is 2. The summed E-state index contributed by atoms with van der Waals surface area (Å²) in [4.78, 5) is 20.7. The molecule has 2 aromatic heterocycles. The van der Waals surface area contributed by atoms with Crippen LogP contribution < -0.4 is 4.74 Å². The van der Waals surface area contributed by atoms with Gasteiger partial charge in [-0.3, -0.25) is 0 Å². The number of nitriles is 1. The van der Waals surface area contributed by atoms with Crippen LogP contribution in [0.3, 0.4) is 0 Å². The maximum Gasteiger partial charge on any atom is 0.335 e. The van der Waals surface area contributed by atoms with Crippen molar-refractivity contribution in [3.63, 3.8) is 0 Å². The van der Waals surface area contributed by atoms with Crippen LogP contribution in [0, 0.1) is 17.1 Å². The number of aromatic carboxylic acids is 1. The number of imidazole rings is 1. The lowest BCUT2D eigenvalue weighted by molar-refractivity contribution is 0.0697. The number of hydrogen-bond donors (Lipinski definition) is 1. The molecule has 5 aromatic rings. The van der Waals surface area contributed by atoms with Crippen LogP contribution in [0.25, 0.3) is 22.3 Å². The van der Waals surface area contributed by atoms with Crippen molar-refractivity contribution in [2.24, 2.45) is 0 Å². The van der Waals surface area contributed by atoms with Crippen LogP contribution in [0.1, 0.15) is 32.9 Å². The van der Waals surface area contributed by atoms with Gasteiger partial charge >= 0.3 is 5.97 Å². The van der Waals surface area contributed by atoms with Crippen molar-refractivity contribution in [3.8, 4) is 23.2 Å². The van der Waals surface area contributed by atoms with Crippen LogP contribution in [-0.4, -0.2) is 39.3 Å². The normalized spacial score (nSPS) is 11.0. The monoisotopic (exact) mass is 550 g/mol. The number of carbonyl (C=O) groups is 1. The minimum absolute atomic E-state index is 0.158. The largest absolute Gasteiger partial charge is 0.478 e. The molecule has 0 aliphatic carbocycles. The lowest BCUT2D eigenvalue weighted by atomic mass is 10.1. The smallest absolute Gasteiger partial charge is 0.335 e. The van der Waals surface area contributed by atoms with Gasteiger partial charge in [-0.1, -0.05) is 42.5 Å². The molecule has 0 amide bonds. The van der Waals surface area contributed by atoms with E-state index in [1.807, 2.05) is 41.0 Å². The Kier molecular flexibility index (Phi) is 8.32. The molecule has 3 aromatic carbocycles. The summed E-state index contributed by atoms with van der Waals surface area (Å²) in [5, 5.41) is 18.2. The lowest BCUT2D eigenvalue weighted by Crippen LogP contribution is -2.10. The number of carboxylic acids is 1. The highest BCUT2D eigenvalue weighted by Gasteiger charge is 2.16. The zero-order valence-corrected chi connectivity index (χ0v) is 22.4. The van der Waals surface area contributed by atoms with Crippen LogP contribution in [0.4, 0.5) is 4.39 Å². The maximum atomic E-state index is 15.4.